The highest BCUT2D eigenvalue weighted by molar-refractivity contribution is 6.30. The number of hydrogen-bond donors (Lipinski definition) is 1. The van der Waals surface area contributed by atoms with Crippen LogP contribution in [0.25, 0.3) is 0 Å². The smallest absolute Gasteiger partial charge is 0.131 e. The maximum Gasteiger partial charge on any atom is 0.131 e. The highest BCUT2D eigenvalue weighted by atomic mass is 35.5. The lowest BCUT2D eigenvalue weighted by atomic mass is 10.2. The molecular weight excluding hydrogens is 272 g/mol. The van der Waals surface area contributed by atoms with Crippen molar-refractivity contribution in [3.05, 3.63) is 51.8 Å². The molecule has 1 N–H and O–H groups in total. The fourth-order valence-corrected chi connectivity index (χ4v) is 2.10. The standard InChI is InChI=1S/C13H14ClF2N3/c1-8-11(13(14)19(2)18-8)7-17-6-9-3-4-10(15)5-12(9)16/h3-5,17H,6-7H2,1-2H3. The van der Waals surface area contributed by atoms with Crippen molar-refractivity contribution in [3.8, 4) is 0 Å². The summed E-state index contributed by atoms with van der Waals surface area (Å²) >= 11 is 6.08. The van der Waals surface area contributed by atoms with Gasteiger partial charge in [-0.3, -0.25) is 4.68 Å². The average Bonchev–Trinajstić information content (AvgIpc) is 2.58. The van der Waals surface area contributed by atoms with Gasteiger partial charge in [-0.25, -0.2) is 8.78 Å². The summed E-state index contributed by atoms with van der Waals surface area (Å²) in [5.74, 6) is -1.13. The summed E-state index contributed by atoms with van der Waals surface area (Å²) in [5, 5.41) is 7.82. The summed E-state index contributed by atoms with van der Waals surface area (Å²) in [4.78, 5) is 0. The van der Waals surface area contributed by atoms with E-state index in [0.717, 1.165) is 17.3 Å². The third-order valence-corrected chi connectivity index (χ3v) is 3.37. The second-order valence-electron chi connectivity index (χ2n) is 4.32. The van der Waals surface area contributed by atoms with Crippen LogP contribution >= 0.6 is 11.6 Å². The number of hydrogen-bond acceptors (Lipinski definition) is 2. The third kappa shape index (κ3) is 3.11. The van der Waals surface area contributed by atoms with Crippen LogP contribution in [0.1, 0.15) is 16.8 Å². The quantitative estimate of drug-likeness (QED) is 0.936. The summed E-state index contributed by atoms with van der Waals surface area (Å²) in [6.07, 6.45) is 0. The van der Waals surface area contributed by atoms with Crippen molar-refractivity contribution in [2.24, 2.45) is 7.05 Å². The minimum atomic E-state index is -0.576. The molecule has 0 spiro atoms. The molecule has 0 bridgehead atoms. The molecule has 0 aliphatic heterocycles. The first-order chi connectivity index (χ1) is 8.99. The first-order valence-corrected chi connectivity index (χ1v) is 6.19. The molecule has 6 heteroatoms. The van der Waals surface area contributed by atoms with Crippen molar-refractivity contribution in [1.82, 2.24) is 15.1 Å². The molecule has 0 atom stereocenters. The number of nitrogens with zero attached hydrogens (tertiary/aromatic N) is 2. The summed E-state index contributed by atoms with van der Waals surface area (Å²) in [6.45, 7) is 2.65. The van der Waals surface area contributed by atoms with Crippen molar-refractivity contribution in [2.75, 3.05) is 0 Å². The van der Waals surface area contributed by atoms with Gasteiger partial charge in [0.1, 0.15) is 16.8 Å². The highest BCUT2D eigenvalue weighted by Crippen LogP contribution is 2.18. The van der Waals surface area contributed by atoms with E-state index in [1.165, 1.54) is 12.1 Å². The van der Waals surface area contributed by atoms with E-state index in [-0.39, 0.29) is 0 Å². The van der Waals surface area contributed by atoms with Gasteiger partial charge in [0.2, 0.25) is 0 Å². The van der Waals surface area contributed by atoms with Crippen LogP contribution in [0.4, 0.5) is 8.78 Å². The van der Waals surface area contributed by atoms with Gasteiger partial charge in [-0.15, -0.1) is 0 Å². The second-order valence-corrected chi connectivity index (χ2v) is 4.68. The van der Waals surface area contributed by atoms with E-state index in [4.69, 9.17) is 11.6 Å². The maximum absolute atomic E-state index is 13.4. The van der Waals surface area contributed by atoms with Crippen molar-refractivity contribution < 1.29 is 8.78 Å². The van der Waals surface area contributed by atoms with Crippen molar-refractivity contribution in [1.29, 1.82) is 0 Å². The average molecular weight is 286 g/mol. The SMILES string of the molecule is Cc1nn(C)c(Cl)c1CNCc1ccc(F)cc1F. The van der Waals surface area contributed by atoms with Crippen molar-refractivity contribution in [3.63, 3.8) is 0 Å². The molecule has 0 saturated carbocycles. The molecule has 0 aliphatic rings. The number of halogens is 3. The lowest BCUT2D eigenvalue weighted by Gasteiger charge is -2.06. The van der Waals surface area contributed by atoms with Crippen LogP contribution in [0.3, 0.4) is 0 Å². The van der Waals surface area contributed by atoms with Crippen LogP contribution in [-0.2, 0) is 20.1 Å². The predicted molar refractivity (Wildman–Crippen MR) is 69.9 cm³/mol. The highest BCUT2D eigenvalue weighted by Gasteiger charge is 2.11. The van der Waals surface area contributed by atoms with Crippen LogP contribution < -0.4 is 5.32 Å². The minimum absolute atomic E-state index is 0.302. The molecule has 0 saturated heterocycles. The summed E-state index contributed by atoms with van der Waals surface area (Å²) < 4.78 is 27.8. The molecule has 102 valence electrons. The van der Waals surface area contributed by atoms with E-state index in [9.17, 15) is 8.78 Å². The Morgan fingerprint density at radius 1 is 1.32 bits per heavy atom. The Bertz CT molecular complexity index is 596. The van der Waals surface area contributed by atoms with Gasteiger partial charge in [0.25, 0.3) is 0 Å². The zero-order chi connectivity index (χ0) is 14.0. The Morgan fingerprint density at radius 2 is 2.05 bits per heavy atom. The molecule has 0 radical (unpaired) electrons. The van der Waals surface area contributed by atoms with Gasteiger partial charge in [-0.1, -0.05) is 17.7 Å². The number of rotatable bonds is 4. The summed E-state index contributed by atoms with van der Waals surface area (Å²) in [6, 6.07) is 3.54. The first-order valence-electron chi connectivity index (χ1n) is 5.81. The number of nitrogens with one attached hydrogen (secondary N) is 1. The van der Waals surface area contributed by atoms with Gasteiger partial charge >= 0.3 is 0 Å². The molecule has 0 unspecified atom stereocenters. The molecule has 0 fully saturated rings. The molecule has 1 aromatic carbocycles. The zero-order valence-electron chi connectivity index (χ0n) is 10.7. The van der Waals surface area contributed by atoms with Crippen LogP contribution in [0.15, 0.2) is 18.2 Å². The van der Waals surface area contributed by atoms with E-state index in [0.29, 0.717) is 23.8 Å². The van der Waals surface area contributed by atoms with E-state index >= 15 is 0 Å². The van der Waals surface area contributed by atoms with E-state index in [1.54, 1.807) is 11.7 Å². The molecule has 1 heterocycles. The monoisotopic (exact) mass is 285 g/mol. The van der Waals surface area contributed by atoms with Gasteiger partial charge in [-0.2, -0.15) is 5.10 Å². The van der Waals surface area contributed by atoms with E-state index < -0.39 is 11.6 Å². The van der Waals surface area contributed by atoms with Gasteiger partial charge in [0.15, 0.2) is 0 Å². The molecule has 0 amide bonds. The van der Waals surface area contributed by atoms with Crippen molar-refractivity contribution in [2.45, 2.75) is 20.0 Å². The molecular formula is C13H14ClF2N3. The Balaban J connectivity index is 2.00. The molecule has 2 aromatic rings. The lowest BCUT2D eigenvalue weighted by molar-refractivity contribution is 0.560. The molecule has 1 aromatic heterocycles. The normalized spacial score (nSPS) is 11.0. The summed E-state index contributed by atoms with van der Waals surface area (Å²) in [7, 11) is 1.76. The lowest BCUT2D eigenvalue weighted by Crippen LogP contribution is -2.14. The predicted octanol–water partition coefficient (Wildman–Crippen LogP) is 2.95. The van der Waals surface area contributed by atoms with Gasteiger partial charge in [0.05, 0.1) is 5.69 Å². The number of aromatic nitrogens is 2. The minimum Gasteiger partial charge on any atom is -0.308 e. The maximum atomic E-state index is 13.4. The van der Waals surface area contributed by atoms with E-state index in [2.05, 4.69) is 10.4 Å². The van der Waals surface area contributed by atoms with Crippen LogP contribution in [0.2, 0.25) is 5.15 Å². The first kappa shape index (κ1) is 14.0. The summed E-state index contributed by atoms with van der Waals surface area (Å²) in [5.41, 5.74) is 2.13. The number of aryl methyl sites for hydroxylation is 2. The van der Waals surface area contributed by atoms with E-state index in [1.807, 2.05) is 6.92 Å². The molecule has 0 aliphatic carbocycles. The second kappa shape index (κ2) is 5.67. The third-order valence-electron chi connectivity index (χ3n) is 2.90. The molecule has 19 heavy (non-hydrogen) atoms. The Labute approximate surface area is 115 Å². The van der Waals surface area contributed by atoms with Crippen LogP contribution in [0, 0.1) is 18.6 Å². The zero-order valence-corrected chi connectivity index (χ0v) is 11.4. The fourth-order valence-electron chi connectivity index (χ4n) is 1.86. The largest absolute Gasteiger partial charge is 0.308 e. The fraction of sp³-hybridized carbons (Fsp3) is 0.308. The van der Waals surface area contributed by atoms with Gasteiger partial charge in [-0.05, 0) is 13.0 Å². The van der Waals surface area contributed by atoms with Gasteiger partial charge < -0.3 is 5.32 Å². The number of benzene rings is 1. The molecule has 2 rings (SSSR count). The Hall–Kier alpha value is -1.46. The van der Waals surface area contributed by atoms with Crippen molar-refractivity contribution >= 4 is 11.6 Å². The van der Waals surface area contributed by atoms with Crippen LogP contribution in [0.5, 0.6) is 0 Å². The Kier molecular flexibility index (Phi) is 4.17. The molecule has 3 nitrogen and oxygen atoms in total. The Morgan fingerprint density at radius 3 is 2.63 bits per heavy atom. The van der Waals surface area contributed by atoms with Crippen LogP contribution in [-0.4, -0.2) is 9.78 Å². The topological polar surface area (TPSA) is 29.9 Å². The van der Waals surface area contributed by atoms with Gasteiger partial charge in [0, 0.05) is 37.3 Å².